The summed E-state index contributed by atoms with van der Waals surface area (Å²) in [5.41, 5.74) is 0. The van der Waals surface area contributed by atoms with Crippen LogP contribution in [-0.4, -0.2) is 56.8 Å². The molecule has 0 N–H and O–H groups in total. The fourth-order valence-corrected chi connectivity index (χ4v) is 1.80. The Kier molecular flexibility index (Phi) is 7.49. The molecule has 0 fully saturated rings. The summed E-state index contributed by atoms with van der Waals surface area (Å²) >= 11 is 0. The second kappa shape index (κ2) is 8.02. The second-order valence-electron chi connectivity index (χ2n) is 3.51. The fourth-order valence-electron chi connectivity index (χ4n) is 1.05. The van der Waals surface area contributed by atoms with Gasteiger partial charge in [0.2, 0.25) is 0 Å². The van der Waals surface area contributed by atoms with Gasteiger partial charge in [-0.1, -0.05) is 19.1 Å². The van der Waals surface area contributed by atoms with Gasteiger partial charge in [0, 0.05) is 26.7 Å². The molecule has 0 aromatic carbocycles. The summed E-state index contributed by atoms with van der Waals surface area (Å²) in [6.45, 7) is 9.10. The van der Waals surface area contributed by atoms with Gasteiger partial charge in [-0.15, -0.1) is 13.2 Å². The topological polar surface area (TPSA) is 66.9 Å². The van der Waals surface area contributed by atoms with E-state index in [1.807, 2.05) is 0 Å². The molecule has 0 atom stereocenters. The lowest BCUT2D eigenvalue weighted by molar-refractivity contribution is -0.132. The zero-order valence-corrected chi connectivity index (χ0v) is 11.6. The lowest BCUT2D eigenvalue weighted by Crippen LogP contribution is -2.37. The van der Waals surface area contributed by atoms with Crippen LogP contribution in [0.25, 0.3) is 0 Å². The molecule has 104 valence electrons. The van der Waals surface area contributed by atoms with E-state index in [9.17, 15) is 13.2 Å². The zero-order chi connectivity index (χ0) is 14.2. The number of carbonyl (C=O) groups excluding carboxylic acids is 1. The van der Waals surface area contributed by atoms with Crippen LogP contribution in [0.3, 0.4) is 0 Å². The van der Waals surface area contributed by atoms with Crippen LogP contribution in [0.2, 0.25) is 0 Å². The Morgan fingerprint density at radius 3 is 2.17 bits per heavy atom. The third-order valence-corrected chi connectivity index (χ3v) is 3.65. The average Bonchev–Trinajstić information content (AvgIpc) is 2.34. The molecule has 1 amide bonds. The largest absolute Gasteiger partial charge is 0.338 e. The Bertz CT molecular complexity index is 382. The van der Waals surface area contributed by atoms with Gasteiger partial charge in [-0.05, 0) is 0 Å². The summed E-state index contributed by atoms with van der Waals surface area (Å²) in [5.74, 6) is -0.428. The van der Waals surface area contributed by atoms with Crippen molar-refractivity contribution >= 4 is 16.2 Å². The van der Waals surface area contributed by atoms with Crippen molar-refractivity contribution in [3.8, 4) is 0 Å². The molecule has 0 aliphatic heterocycles. The van der Waals surface area contributed by atoms with Crippen LogP contribution in [0.4, 0.5) is 0 Å². The van der Waals surface area contributed by atoms with Gasteiger partial charge in [-0.25, -0.2) is 4.18 Å². The first kappa shape index (κ1) is 16.8. The van der Waals surface area contributed by atoms with Gasteiger partial charge in [-0.2, -0.15) is 12.7 Å². The van der Waals surface area contributed by atoms with Crippen LogP contribution in [0.5, 0.6) is 0 Å². The Hall–Kier alpha value is -1.18. The van der Waals surface area contributed by atoms with Crippen molar-refractivity contribution in [3.63, 3.8) is 0 Å². The van der Waals surface area contributed by atoms with Crippen LogP contribution < -0.4 is 0 Å². The Morgan fingerprint density at radius 1 is 1.28 bits per heavy atom. The SMILES string of the molecule is C=CCN(CC=C)C(=O)COS(=O)(=O)N(C)CC. The Labute approximate surface area is 109 Å². The molecule has 7 heteroatoms. The monoisotopic (exact) mass is 276 g/mol. The van der Waals surface area contributed by atoms with E-state index in [0.717, 1.165) is 4.31 Å². The molecular weight excluding hydrogens is 256 g/mol. The molecule has 0 rings (SSSR count). The number of amides is 1. The number of hydrogen-bond donors (Lipinski definition) is 0. The maximum atomic E-state index is 11.7. The van der Waals surface area contributed by atoms with E-state index in [2.05, 4.69) is 17.3 Å². The Balaban J connectivity index is 4.47. The maximum Gasteiger partial charge on any atom is 0.338 e. The van der Waals surface area contributed by atoms with Crippen molar-refractivity contribution in [2.24, 2.45) is 0 Å². The standard InChI is InChI=1S/C11H20N2O4S/c1-5-8-13(9-6-2)11(14)10-17-18(15,16)12(4)7-3/h5-6H,1-2,7-10H2,3-4H3. The number of carbonyl (C=O) groups is 1. The third-order valence-electron chi connectivity index (χ3n) is 2.21. The molecular formula is C11H20N2O4S. The summed E-state index contributed by atoms with van der Waals surface area (Å²) in [7, 11) is -2.45. The first-order valence-corrected chi connectivity index (χ1v) is 6.85. The van der Waals surface area contributed by atoms with Gasteiger partial charge in [-0.3, -0.25) is 4.79 Å². The number of nitrogens with zero attached hydrogens (tertiary/aromatic N) is 2. The van der Waals surface area contributed by atoms with Crippen LogP contribution in [-0.2, 0) is 19.3 Å². The molecule has 0 aliphatic carbocycles. The molecule has 0 aromatic heterocycles. The number of hydrogen-bond acceptors (Lipinski definition) is 4. The van der Waals surface area contributed by atoms with E-state index in [1.165, 1.54) is 11.9 Å². The van der Waals surface area contributed by atoms with E-state index in [0.29, 0.717) is 13.1 Å². The highest BCUT2D eigenvalue weighted by atomic mass is 32.2. The predicted octanol–water partition coefficient (Wildman–Crippen LogP) is 0.400. The van der Waals surface area contributed by atoms with E-state index in [1.54, 1.807) is 19.1 Å². The van der Waals surface area contributed by atoms with E-state index < -0.39 is 22.8 Å². The van der Waals surface area contributed by atoms with Crippen LogP contribution in [0.15, 0.2) is 25.3 Å². The molecule has 0 aromatic rings. The van der Waals surface area contributed by atoms with E-state index in [4.69, 9.17) is 0 Å². The van der Waals surface area contributed by atoms with Gasteiger partial charge in [0.25, 0.3) is 5.91 Å². The summed E-state index contributed by atoms with van der Waals surface area (Å²) in [4.78, 5) is 13.1. The van der Waals surface area contributed by atoms with Crippen molar-refractivity contribution in [2.75, 3.05) is 33.3 Å². The van der Waals surface area contributed by atoms with E-state index >= 15 is 0 Å². The molecule has 6 nitrogen and oxygen atoms in total. The molecule has 0 saturated heterocycles. The third kappa shape index (κ3) is 5.44. The minimum atomic E-state index is -3.83. The summed E-state index contributed by atoms with van der Waals surface area (Å²) in [6.07, 6.45) is 3.10. The summed E-state index contributed by atoms with van der Waals surface area (Å²) in [5, 5.41) is 0. The summed E-state index contributed by atoms with van der Waals surface area (Å²) in [6, 6.07) is 0. The first-order chi connectivity index (χ1) is 8.38. The van der Waals surface area contributed by atoms with Gasteiger partial charge in [0.1, 0.15) is 6.61 Å². The molecule has 0 aliphatic rings. The fraction of sp³-hybridized carbons (Fsp3) is 0.545. The van der Waals surface area contributed by atoms with Gasteiger partial charge < -0.3 is 4.90 Å². The molecule has 0 saturated carbocycles. The predicted molar refractivity (Wildman–Crippen MR) is 70.1 cm³/mol. The quantitative estimate of drug-likeness (QED) is 0.572. The smallest absolute Gasteiger partial charge is 0.333 e. The first-order valence-electron chi connectivity index (χ1n) is 5.49. The maximum absolute atomic E-state index is 11.7. The molecule has 18 heavy (non-hydrogen) atoms. The van der Waals surface area contributed by atoms with Crippen LogP contribution >= 0.6 is 0 Å². The minimum Gasteiger partial charge on any atom is -0.333 e. The number of rotatable bonds is 9. The average molecular weight is 276 g/mol. The molecule has 0 radical (unpaired) electrons. The van der Waals surface area contributed by atoms with Gasteiger partial charge >= 0.3 is 10.3 Å². The lowest BCUT2D eigenvalue weighted by Gasteiger charge is -2.20. The van der Waals surface area contributed by atoms with Crippen molar-refractivity contribution in [2.45, 2.75) is 6.92 Å². The highest BCUT2D eigenvalue weighted by Crippen LogP contribution is 2.01. The second-order valence-corrected chi connectivity index (χ2v) is 5.22. The zero-order valence-electron chi connectivity index (χ0n) is 10.8. The molecule has 0 bridgehead atoms. The van der Waals surface area contributed by atoms with Gasteiger partial charge in [0.05, 0.1) is 0 Å². The minimum absolute atomic E-state index is 0.277. The normalized spacial score (nSPS) is 11.3. The lowest BCUT2D eigenvalue weighted by atomic mass is 10.4. The van der Waals surface area contributed by atoms with Crippen molar-refractivity contribution in [1.82, 2.24) is 9.21 Å². The molecule has 0 unspecified atom stereocenters. The Morgan fingerprint density at radius 2 is 1.78 bits per heavy atom. The van der Waals surface area contributed by atoms with Gasteiger partial charge in [0.15, 0.2) is 0 Å². The highest BCUT2D eigenvalue weighted by molar-refractivity contribution is 7.84. The van der Waals surface area contributed by atoms with Crippen molar-refractivity contribution in [1.29, 1.82) is 0 Å². The van der Waals surface area contributed by atoms with Crippen LogP contribution in [0.1, 0.15) is 6.92 Å². The summed E-state index contributed by atoms with van der Waals surface area (Å²) < 4.78 is 28.7. The van der Waals surface area contributed by atoms with Crippen LogP contribution in [0, 0.1) is 0 Å². The highest BCUT2D eigenvalue weighted by Gasteiger charge is 2.20. The van der Waals surface area contributed by atoms with Crippen molar-refractivity contribution in [3.05, 3.63) is 25.3 Å². The van der Waals surface area contributed by atoms with E-state index in [-0.39, 0.29) is 6.54 Å². The molecule has 0 spiro atoms. The van der Waals surface area contributed by atoms with Crippen molar-refractivity contribution < 1.29 is 17.4 Å². The molecule has 0 heterocycles.